The number of hydrogen-bond donors (Lipinski definition) is 1. The lowest BCUT2D eigenvalue weighted by Gasteiger charge is -2.26. The fourth-order valence-corrected chi connectivity index (χ4v) is 1.95. The van der Waals surface area contributed by atoms with Crippen LogP contribution in [-0.4, -0.2) is 24.2 Å². The van der Waals surface area contributed by atoms with Gasteiger partial charge in [0.1, 0.15) is 5.75 Å². The van der Waals surface area contributed by atoms with E-state index >= 15 is 0 Å². The minimum Gasteiger partial charge on any atom is -0.784 e. The van der Waals surface area contributed by atoms with Gasteiger partial charge in [-0.3, -0.25) is 0 Å². The lowest BCUT2D eigenvalue weighted by Crippen LogP contribution is -2.22. The Hall–Kier alpha value is -2.63. The molecule has 0 aliphatic rings. The average Bonchev–Trinajstić information content (AvgIpc) is 2.60. The van der Waals surface area contributed by atoms with Crippen molar-refractivity contribution in [2.24, 2.45) is 0 Å². The predicted molar refractivity (Wildman–Crippen MR) is 91.9 cm³/mol. The molecule has 0 saturated carbocycles. The molecule has 0 radical (unpaired) electrons. The van der Waals surface area contributed by atoms with Crippen molar-refractivity contribution >= 4 is 11.7 Å². The van der Waals surface area contributed by atoms with Crippen molar-refractivity contribution < 1.29 is 9.53 Å². The van der Waals surface area contributed by atoms with E-state index in [0.29, 0.717) is 12.3 Å². The third kappa shape index (κ3) is 4.95. The zero-order valence-corrected chi connectivity index (χ0v) is 13.0. The smallest absolute Gasteiger partial charge is 0.335 e. The molecule has 0 aromatic heterocycles. The van der Waals surface area contributed by atoms with Crippen molar-refractivity contribution in [3.8, 4) is 16.9 Å². The van der Waals surface area contributed by atoms with Crippen molar-refractivity contribution in [1.29, 1.82) is 0 Å². The van der Waals surface area contributed by atoms with E-state index in [1.807, 2.05) is 43.3 Å². The van der Waals surface area contributed by atoms with E-state index in [9.17, 15) is 10.0 Å². The maximum atomic E-state index is 11.2. The van der Waals surface area contributed by atoms with Crippen LogP contribution >= 0.6 is 0 Å². The van der Waals surface area contributed by atoms with E-state index < -0.39 is 5.97 Å². The Bertz CT molecular complexity index is 651. The van der Waals surface area contributed by atoms with Crippen LogP contribution in [0.2, 0.25) is 0 Å². The number of hydroxylamine groups is 2. The summed E-state index contributed by atoms with van der Waals surface area (Å²) in [5, 5.41) is 15.2. The monoisotopic (exact) mass is 311 g/mol. The second kappa shape index (κ2) is 8.12. The highest BCUT2D eigenvalue weighted by atomic mass is 16.5. The summed E-state index contributed by atoms with van der Waals surface area (Å²) in [5.41, 5.74) is 2.93. The molecule has 0 aliphatic carbocycles. The maximum absolute atomic E-state index is 11.2. The number of benzene rings is 2. The molecule has 0 unspecified atom stereocenters. The quantitative estimate of drug-likeness (QED) is 0.278. The van der Waals surface area contributed by atoms with Gasteiger partial charge in [-0.15, -0.1) is 0 Å². The first-order valence-corrected chi connectivity index (χ1v) is 7.33. The molecule has 120 valence electrons. The molecule has 0 fully saturated rings. The van der Waals surface area contributed by atoms with Gasteiger partial charge in [-0.05, 0) is 41.9 Å². The Morgan fingerprint density at radius 1 is 1.17 bits per heavy atom. The van der Waals surface area contributed by atoms with E-state index in [2.05, 4.69) is 11.9 Å². The number of carbonyl (C=O) groups is 1. The summed E-state index contributed by atoms with van der Waals surface area (Å²) in [6.45, 7) is 5.89. The third-order valence-corrected chi connectivity index (χ3v) is 3.27. The standard InChI is InChI=1S/C18H19N2O3/c1-3-18(21)23-17-11-7-15(8-12-17)14-5-9-16(10-6-14)19-13-20(22)4-2/h3,5-12,19H,1,4,13H2,2H3/q-1. The largest absolute Gasteiger partial charge is 0.784 e. The molecule has 0 heterocycles. The van der Waals surface area contributed by atoms with Crippen LogP contribution in [0.5, 0.6) is 5.75 Å². The molecule has 23 heavy (non-hydrogen) atoms. The van der Waals surface area contributed by atoms with Gasteiger partial charge in [0.2, 0.25) is 0 Å². The molecule has 1 N–H and O–H groups in total. The SMILES string of the molecule is C=CC(=O)Oc1ccc(-c2ccc(NCN([O-])CC)cc2)cc1. The van der Waals surface area contributed by atoms with Crippen LogP contribution in [0.15, 0.2) is 61.2 Å². The van der Waals surface area contributed by atoms with Crippen molar-refractivity contribution in [2.75, 3.05) is 18.5 Å². The number of hydrogen-bond acceptors (Lipinski definition) is 5. The molecule has 5 nitrogen and oxygen atoms in total. The first-order chi connectivity index (χ1) is 11.1. The molecule has 2 aromatic rings. The van der Waals surface area contributed by atoms with Crippen molar-refractivity contribution in [3.05, 3.63) is 66.4 Å². The minimum absolute atomic E-state index is 0.263. The molecule has 0 saturated heterocycles. The van der Waals surface area contributed by atoms with Crippen LogP contribution in [0.1, 0.15) is 6.92 Å². The van der Waals surface area contributed by atoms with Crippen molar-refractivity contribution in [1.82, 2.24) is 5.06 Å². The van der Waals surface area contributed by atoms with Gasteiger partial charge in [0, 0.05) is 11.8 Å². The van der Waals surface area contributed by atoms with Gasteiger partial charge in [0.25, 0.3) is 0 Å². The van der Waals surface area contributed by atoms with E-state index in [-0.39, 0.29) is 6.67 Å². The average molecular weight is 311 g/mol. The molecule has 0 bridgehead atoms. The maximum Gasteiger partial charge on any atom is 0.335 e. The fraction of sp³-hybridized carbons (Fsp3) is 0.167. The molecule has 5 heteroatoms. The zero-order chi connectivity index (χ0) is 16.7. The molecule has 2 aromatic carbocycles. The van der Waals surface area contributed by atoms with E-state index in [1.54, 1.807) is 12.1 Å². The van der Waals surface area contributed by atoms with Crippen LogP contribution in [0.4, 0.5) is 5.69 Å². The van der Waals surface area contributed by atoms with Gasteiger partial charge in [-0.2, -0.15) is 0 Å². The highest BCUT2D eigenvalue weighted by molar-refractivity contribution is 5.83. The molecule has 2 rings (SSSR count). The van der Waals surface area contributed by atoms with Crippen LogP contribution in [0.3, 0.4) is 0 Å². The van der Waals surface area contributed by atoms with E-state index in [0.717, 1.165) is 28.0 Å². The zero-order valence-electron chi connectivity index (χ0n) is 13.0. The number of anilines is 1. The van der Waals surface area contributed by atoms with Gasteiger partial charge in [-0.1, -0.05) is 37.8 Å². The summed E-state index contributed by atoms with van der Waals surface area (Å²) >= 11 is 0. The Balaban J connectivity index is 2.01. The predicted octanol–water partition coefficient (Wildman–Crippen LogP) is 3.63. The molecule has 0 spiro atoms. The molecular weight excluding hydrogens is 292 g/mol. The highest BCUT2D eigenvalue weighted by Gasteiger charge is 2.02. The van der Waals surface area contributed by atoms with Crippen LogP contribution in [-0.2, 0) is 4.79 Å². The summed E-state index contributed by atoms with van der Waals surface area (Å²) in [6.07, 6.45) is 1.13. The molecule has 0 amide bonds. The fourth-order valence-electron chi connectivity index (χ4n) is 1.95. The van der Waals surface area contributed by atoms with Gasteiger partial charge in [-0.25, -0.2) is 4.79 Å². The van der Waals surface area contributed by atoms with E-state index in [1.165, 1.54) is 0 Å². The van der Waals surface area contributed by atoms with Crippen LogP contribution in [0, 0.1) is 5.21 Å². The number of carbonyl (C=O) groups excluding carboxylic acids is 1. The number of nitrogens with one attached hydrogen (secondary N) is 1. The number of ether oxygens (including phenoxy) is 1. The Kier molecular flexibility index (Phi) is 5.91. The van der Waals surface area contributed by atoms with E-state index in [4.69, 9.17) is 4.74 Å². The van der Waals surface area contributed by atoms with Gasteiger partial charge in [0.05, 0.1) is 6.67 Å². The second-order valence-corrected chi connectivity index (χ2v) is 4.86. The van der Waals surface area contributed by atoms with Crippen molar-refractivity contribution in [2.45, 2.75) is 6.92 Å². The summed E-state index contributed by atoms with van der Waals surface area (Å²) < 4.78 is 5.04. The van der Waals surface area contributed by atoms with Gasteiger partial charge >= 0.3 is 5.97 Å². The molecular formula is C18H19N2O3-. The molecule has 0 atom stereocenters. The lowest BCUT2D eigenvalue weighted by atomic mass is 10.1. The third-order valence-electron chi connectivity index (χ3n) is 3.27. The first kappa shape index (κ1) is 16.7. The number of esters is 1. The van der Waals surface area contributed by atoms with Gasteiger partial charge in [0.15, 0.2) is 0 Å². The minimum atomic E-state index is -0.479. The second-order valence-electron chi connectivity index (χ2n) is 4.86. The Morgan fingerprint density at radius 2 is 1.74 bits per heavy atom. The lowest BCUT2D eigenvalue weighted by molar-refractivity contribution is -0.128. The summed E-state index contributed by atoms with van der Waals surface area (Å²) in [5.74, 6) is -0.000266. The Labute approximate surface area is 135 Å². The first-order valence-electron chi connectivity index (χ1n) is 7.33. The van der Waals surface area contributed by atoms with Gasteiger partial charge < -0.3 is 20.3 Å². The van der Waals surface area contributed by atoms with Crippen molar-refractivity contribution in [3.63, 3.8) is 0 Å². The Morgan fingerprint density at radius 3 is 2.26 bits per heavy atom. The van der Waals surface area contributed by atoms with Crippen LogP contribution in [0.25, 0.3) is 11.1 Å². The highest BCUT2D eigenvalue weighted by Crippen LogP contribution is 2.24. The summed E-state index contributed by atoms with van der Waals surface area (Å²) in [6, 6.07) is 15.0. The number of nitrogens with zero attached hydrogens (tertiary/aromatic N) is 1. The topological polar surface area (TPSA) is 64.6 Å². The summed E-state index contributed by atoms with van der Waals surface area (Å²) in [4.78, 5) is 11.1. The number of rotatable bonds is 7. The molecule has 0 aliphatic heterocycles. The van der Waals surface area contributed by atoms with Crippen LogP contribution < -0.4 is 10.1 Å². The summed E-state index contributed by atoms with van der Waals surface area (Å²) in [7, 11) is 0. The normalized spacial score (nSPS) is 10.4.